The number of carboxylic acid groups (broad SMARTS) is 1. The Labute approximate surface area is 124 Å². The van der Waals surface area contributed by atoms with Crippen LogP contribution in [0.3, 0.4) is 0 Å². The van der Waals surface area contributed by atoms with Gasteiger partial charge in [0.25, 0.3) is 0 Å². The normalized spacial score (nSPS) is 13.0. The van der Waals surface area contributed by atoms with Crippen molar-refractivity contribution < 1.29 is 9.90 Å². The number of hydrogen-bond donors (Lipinski definition) is 2. The molecule has 0 spiro atoms. The van der Waals surface area contributed by atoms with Crippen molar-refractivity contribution in [2.24, 2.45) is 5.73 Å². The maximum Gasteiger partial charge on any atom is 0.331 e. The van der Waals surface area contributed by atoms with Gasteiger partial charge in [0.2, 0.25) is 0 Å². The van der Waals surface area contributed by atoms with E-state index in [0.29, 0.717) is 6.42 Å². The molecule has 0 aliphatic carbocycles. The first-order chi connectivity index (χ1) is 10.1. The smallest absolute Gasteiger partial charge is 0.331 e. The Morgan fingerprint density at radius 1 is 1.10 bits per heavy atom. The van der Waals surface area contributed by atoms with Crippen LogP contribution < -0.4 is 5.73 Å². The highest BCUT2D eigenvalue weighted by Gasteiger charge is 2.06. The molecule has 0 aliphatic rings. The molecule has 2 aromatic carbocycles. The van der Waals surface area contributed by atoms with E-state index in [0.717, 1.165) is 11.1 Å². The molecule has 0 aliphatic heterocycles. The monoisotopic (exact) mass is 281 g/mol. The fraction of sp³-hybridized carbons (Fsp3) is 0.167. The predicted molar refractivity (Wildman–Crippen MR) is 85.0 cm³/mol. The van der Waals surface area contributed by atoms with E-state index in [1.165, 1.54) is 5.56 Å². The minimum absolute atomic E-state index is 0.281. The lowest BCUT2D eigenvalue weighted by molar-refractivity contribution is -0.132. The van der Waals surface area contributed by atoms with Crippen LogP contribution >= 0.6 is 0 Å². The molecule has 108 valence electrons. The topological polar surface area (TPSA) is 63.3 Å². The third-order valence-electron chi connectivity index (χ3n) is 3.33. The largest absolute Gasteiger partial charge is 0.478 e. The van der Waals surface area contributed by atoms with Crippen LogP contribution in [-0.4, -0.2) is 17.1 Å². The molecule has 3 nitrogen and oxygen atoms in total. The average molecular weight is 281 g/mol. The van der Waals surface area contributed by atoms with Crippen molar-refractivity contribution in [3.8, 4) is 11.1 Å². The van der Waals surface area contributed by atoms with E-state index < -0.39 is 5.97 Å². The van der Waals surface area contributed by atoms with Crippen molar-refractivity contribution in [1.29, 1.82) is 0 Å². The molecular weight excluding hydrogens is 262 g/mol. The molecule has 0 radical (unpaired) electrons. The van der Waals surface area contributed by atoms with Crippen molar-refractivity contribution in [2.45, 2.75) is 19.4 Å². The summed E-state index contributed by atoms with van der Waals surface area (Å²) >= 11 is 0. The third kappa shape index (κ3) is 4.29. The molecule has 3 heteroatoms. The highest BCUT2D eigenvalue weighted by Crippen LogP contribution is 2.19. The van der Waals surface area contributed by atoms with Gasteiger partial charge in [-0.25, -0.2) is 4.79 Å². The molecular formula is C18H19NO2. The summed E-state index contributed by atoms with van der Waals surface area (Å²) in [7, 11) is 0. The molecule has 0 bridgehead atoms. The maximum absolute atomic E-state index is 10.8. The Hall–Kier alpha value is -2.39. The number of nitrogens with two attached hydrogens (primary N) is 1. The Morgan fingerprint density at radius 2 is 1.67 bits per heavy atom. The number of carbonyl (C=O) groups is 1. The first-order valence-electron chi connectivity index (χ1n) is 6.88. The summed E-state index contributed by atoms with van der Waals surface area (Å²) in [5.74, 6) is -0.926. The molecule has 2 aromatic rings. The summed E-state index contributed by atoms with van der Waals surface area (Å²) in [5, 5.41) is 8.84. The van der Waals surface area contributed by atoms with Crippen LogP contribution in [0.15, 0.2) is 66.2 Å². The van der Waals surface area contributed by atoms with E-state index in [2.05, 4.69) is 24.3 Å². The van der Waals surface area contributed by atoms with E-state index in [4.69, 9.17) is 10.8 Å². The number of rotatable bonds is 5. The van der Waals surface area contributed by atoms with Gasteiger partial charge in [-0.2, -0.15) is 0 Å². The van der Waals surface area contributed by atoms with Crippen molar-refractivity contribution in [1.82, 2.24) is 0 Å². The summed E-state index contributed by atoms with van der Waals surface area (Å²) in [6, 6.07) is 18.1. The van der Waals surface area contributed by atoms with E-state index >= 15 is 0 Å². The van der Waals surface area contributed by atoms with Crippen molar-refractivity contribution >= 4 is 5.97 Å². The standard InChI is InChI=1S/C18H19NO2/c1-13(18(20)21)11-17(19)12-14-7-9-16(10-8-14)15-5-3-2-4-6-15/h2-11,17H,12,19H2,1H3,(H,20,21). The highest BCUT2D eigenvalue weighted by molar-refractivity contribution is 5.85. The molecule has 0 saturated heterocycles. The highest BCUT2D eigenvalue weighted by atomic mass is 16.4. The predicted octanol–water partition coefficient (Wildman–Crippen LogP) is 3.25. The fourth-order valence-corrected chi connectivity index (χ4v) is 2.19. The summed E-state index contributed by atoms with van der Waals surface area (Å²) in [6.45, 7) is 1.56. The molecule has 0 fully saturated rings. The van der Waals surface area contributed by atoms with E-state index in [-0.39, 0.29) is 11.6 Å². The van der Waals surface area contributed by atoms with Gasteiger partial charge in [-0.15, -0.1) is 0 Å². The van der Waals surface area contributed by atoms with Crippen molar-refractivity contribution in [3.05, 3.63) is 71.8 Å². The quantitative estimate of drug-likeness (QED) is 0.827. The molecule has 2 rings (SSSR count). The van der Waals surface area contributed by atoms with Gasteiger partial charge >= 0.3 is 5.97 Å². The van der Waals surface area contributed by atoms with Crippen LogP contribution in [0.25, 0.3) is 11.1 Å². The van der Waals surface area contributed by atoms with Crippen molar-refractivity contribution in [2.75, 3.05) is 0 Å². The van der Waals surface area contributed by atoms with Gasteiger partial charge in [0.1, 0.15) is 0 Å². The maximum atomic E-state index is 10.8. The first-order valence-corrected chi connectivity index (χ1v) is 6.88. The van der Waals surface area contributed by atoms with Crippen molar-refractivity contribution in [3.63, 3.8) is 0 Å². The van der Waals surface area contributed by atoms with Gasteiger partial charge in [0, 0.05) is 11.6 Å². The van der Waals surface area contributed by atoms with Gasteiger partial charge in [-0.1, -0.05) is 60.7 Å². The minimum atomic E-state index is -0.926. The molecule has 1 atom stereocenters. The lowest BCUT2D eigenvalue weighted by Crippen LogP contribution is -2.21. The first kappa shape index (κ1) is 15.0. The Morgan fingerprint density at radius 3 is 2.24 bits per heavy atom. The zero-order valence-electron chi connectivity index (χ0n) is 12.0. The zero-order valence-corrected chi connectivity index (χ0v) is 12.0. The number of aliphatic carboxylic acids is 1. The van der Waals surface area contributed by atoms with Gasteiger partial charge < -0.3 is 10.8 Å². The molecule has 0 aromatic heterocycles. The number of carboxylic acids is 1. The second-order valence-electron chi connectivity index (χ2n) is 5.09. The summed E-state index contributed by atoms with van der Waals surface area (Å²) in [6.07, 6.45) is 2.22. The molecule has 0 heterocycles. The molecule has 21 heavy (non-hydrogen) atoms. The SMILES string of the molecule is CC(=CC(N)Cc1ccc(-c2ccccc2)cc1)C(=O)O. The molecule has 3 N–H and O–H groups in total. The molecule has 1 unspecified atom stereocenters. The van der Waals surface area contributed by atoms with Crippen LogP contribution in [0.5, 0.6) is 0 Å². The number of hydrogen-bond acceptors (Lipinski definition) is 2. The lowest BCUT2D eigenvalue weighted by atomic mass is 10.00. The molecule has 0 amide bonds. The summed E-state index contributed by atoms with van der Waals surface area (Å²) in [4.78, 5) is 10.8. The van der Waals surface area contributed by atoms with Crippen LogP contribution in [0.4, 0.5) is 0 Å². The van der Waals surface area contributed by atoms with E-state index in [9.17, 15) is 4.79 Å². The van der Waals surface area contributed by atoms with Gasteiger partial charge in [-0.3, -0.25) is 0 Å². The van der Waals surface area contributed by atoms with E-state index in [1.54, 1.807) is 13.0 Å². The Bertz CT molecular complexity index is 630. The van der Waals surface area contributed by atoms with Crippen LogP contribution in [0.1, 0.15) is 12.5 Å². The van der Waals surface area contributed by atoms with E-state index in [1.807, 2.05) is 30.3 Å². The Kier molecular flexibility index (Phi) is 4.90. The summed E-state index contributed by atoms with van der Waals surface area (Å²) in [5.41, 5.74) is 9.66. The lowest BCUT2D eigenvalue weighted by Gasteiger charge is -2.09. The van der Waals surface area contributed by atoms with Gasteiger partial charge in [0.05, 0.1) is 0 Å². The third-order valence-corrected chi connectivity index (χ3v) is 3.33. The van der Waals surface area contributed by atoms with Crippen LogP contribution in [0.2, 0.25) is 0 Å². The zero-order chi connectivity index (χ0) is 15.2. The van der Waals surface area contributed by atoms with Gasteiger partial charge in [-0.05, 0) is 30.0 Å². The second-order valence-corrected chi connectivity index (χ2v) is 5.09. The minimum Gasteiger partial charge on any atom is -0.478 e. The van der Waals surface area contributed by atoms with Crippen LogP contribution in [0, 0.1) is 0 Å². The fourth-order valence-electron chi connectivity index (χ4n) is 2.19. The molecule has 0 saturated carbocycles. The second kappa shape index (κ2) is 6.86. The van der Waals surface area contributed by atoms with Gasteiger partial charge in [0.15, 0.2) is 0 Å². The van der Waals surface area contributed by atoms with Crippen LogP contribution in [-0.2, 0) is 11.2 Å². The number of benzene rings is 2. The summed E-state index contributed by atoms with van der Waals surface area (Å²) < 4.78 is 0. The Balaban J connectivity index is 2.06. The average Bonchev–Trinajstić information content (AvgIpc) is 2.48.